The third-order valence-corrected chi connectivity index (χ3v) is 6.12. The largest absolute Gasteiger partial charge is 0.504 e. The monoisotopic (exact) mass is 301 g/mol. The average Bonchev–Trinajstić information content (AvgIpc) is 2.51. The minimum Gasteiger partial charge on any atom is -0.504 e. The van der Waals surface area contributed by atoms with Gasteiger partial charge in [-0.25, -0.2) is 0 Å². The number of piperidine rings is 1. The fourth-order valence-corrected chi connectivity index (χ4v) is 5.00. The lowest BCUT2D eigenvalue weighted by molar-refractivity contribution is -0.132. The van der Waals surface area contributed by atoms with Crippen molar-refractivity contribution in [1.82, 2.24) is 4.90 Å². The number of methoxy groups -OCH3 is 1. The molecule has 22 heavy (non-hydrogen) atoms. The lowest BCUT2D eigenvalue weighted by atomic mass is 9.51. The summed E-state index contributed by atoms with van der Waals surface area (Å²) in [6, 6.07) is 3.98. The van der Waals surface area contributed by atoms with Crippen LogP contribution in [0.4, 0.5) is 0 Å². The Labute approximate surface area is 131 Å². The maximum Gasteiger partial charge on any atom is 0.162 e. The molecule has 118 valence electrons. The van der Waals surface area contributed by atoms with Gasteiger partial charge in [-0.2, -0.15) is 0 Å². The van der Waals surface area contributed by atoms with Crippen molar-refractivity contribution < 1.29 is 14.9 Å². The van der Waals surface area contributed by atoms with Gasteiger partial charge >= 0.3 is 0 Å². The Hall–Kier alpha value is -1.52. The zero-order valence-electron chi connectivity index (χ0n) is 13.2. The zero-order valence-corrected chi connectivity index (χ0v) is 13.2. The zero-order chi connectivity index (χ0) is 15.5. The van der Waals surface area contributed by atoms with Crippen LogP contribution in [0.5, 0.6) is 11.5 Å². The highest BCUT2D eigenvalue weighted by molar-refractivity contribution is 5.60. The van der Waals surface area contributed by atoms with E-state index in [-0.39, 0.29) is 11.8 Å². The number of aromatic hydroxyl groups is 1. The molecule has 4 heteroatoms. The minimum atomic E-state index is -0.814. The van der Waals surface area contributed by atoms with Crippen molar-refractivity contribution in [2.24, 2.45) is 0 Å². The van der Waals surface area contributed by atoms with Gasteiger partial charge in [-0.3, -0.25) is 0 Å². The predicted octanol–water partition coefficient (Wildman–Crippen LogP) is 1.98. The molecule has 1 saturated heterocycles. The van der Waals surface area contributed by atoms with Crippen LogP contribution in [0, 0.1) is 0 Å². The second-order valence-corrected chi connectivity index (χ2v) is 6.94. The van der Waals surface area contributed by atoms with Gasteiger partial charge in [0.1, 0.15) is 0 Å². The molecule has 3 aliphatic rings. The van der Waals surface area contributed by atoms with Crippen molar-refractivity contribution in [3.63, 3.8) is 0 Å². The van der Waals surface area contributed by atoms with Crippen molar-refractivity contribution in [2.75, 3.05) is 20.7 Å². The number of phenols is 1. The predicted molar refractivity (Wildman–Crippen MR) is 84.4 cm³/mol. The molecule has 2 aliphatic carbocycles. The van der Waals surface area contributed by atoms with E-state index in [2.05, 4.69) is 24.1 Å². The number of nitrogens with zero attached hydrogens (tertiary/aromatic N) is 1. The molecule has 3 atom stereocenters. The van der Waals surface area contributed by atoms with E-state index >= 15 is 0 Å². The van der Waals surface area contributed by atoms with Crippen molar-refractivity contribution in [2.45, 2.75) is 42.7 Å². The molecular weight excluding hydrogens is 278 g/mol. The van der Waals surface area contributed by atoms with E-state index in [1.807, 2.05) is 12.1 Å². The molecule has 0 spiro atoms. The molecule has 4 nitrogen and oxygen atoms in total. The van der Waals surface area contributed by atoms with Gasteiger partial charge in [-0.1, -0.05) is 18.2 Å². The first-order valence-corrected chi connectivity index (χ1v) is 8.03. The standard InChI is InChI=1S/C18H23NO3/c1-19-10-9-17-7-3-4-8-18(17,21)14(19)11-12-5-6-13(22-2)16(20)15(12)17/h3,5-7,14,20-21H,4,8-11H2,1-2H3/t14-,17+,18+/m0/s1. The smallest absolute Gasteiger partial charge is 0.162 e. The molecular formula is C18H23NO3. The summed E-state index contributed by atoms with van der Waals surface area (Å²) in [5, 5.41) is 22.4. The van der Waals surface area contributed by atoms with Crippen molar-refractivity contribution in [1.29, 1.82) is 0 Å². The Morgan fingerprint density at radius 2 is 2.14 bits per heavy atom. The number of ether oxygens (including phenoxy) is 1. The topological polar surface area (TPSA) is 52.9 Å². The molecule has 0 amide bonds. The summed E-state index contributed by atoms with van der Waals surface area (Å²) in [7, 11) is 3.67. The van der Waals surface area contributed by atoms with Crippen LogP contribution in [0.3, 0.4) is 0 Å². The van der Waals surface area contributed by atoms with E-state index in [0.29, 0.717) is 5.75 Å². The summed E-state index contributed by atoms with van der Waals surface area (Å²) in [5.41, 5.74) is 0.709. The summed E-state index contributed by atoms with van der Waals surface area (Å²) in [6.45, 7) is 0.924. The van der Waals surface area contributed by atoms with Crippen LogP contribution in [0.25, 0.3) is 0 Å². The average molecular weight is 301 g/mol. The number of hydrogen-bond acceptors (Lipinski definition) is 4. The molecule has 2 bridgehead atoms. The molecule has 0 unspecified atom stereocenters. The number of aliphatic hydroxyl groups is 1. The minimum absolute atomic E-state index is 0.103. The summed E-state index contributed by atoms with van der Waals surface area (Å²) in [4.78, 5) is 2.28. The molecule has 4 rings (SSSR count). The fourth-order valence-electron chi connectivity index (χ4n) is 5.00. The Morgan fingerprint density at radius 1 is 1.32 bits per heavy atom. The lowest BCUT2D eigenvalue weighted by Gasteiger charge is -2.61. The Balaban J connectivity index is 2.03. The van der Waals surface area contributed by atoms with E-state index in [1.54, 1.807) is 7.11 Å². The third kappa shape index (κ3) is 1.49. The molecule has 1 aromatic rings. The quantitative estimate of drug-likeness (QED) is 0.779. The Morgan fingerprint density at radius 3 is 2.91 bits per heavy atom. The highest BCUT2D eigenvalue weighted by atomic mass is 16.5. The van der Waals surface area contributed by atoms with Crippen LogP contribution in [0.15, 0.2) is 24.3 Å². The molecule has 1 aliphatic heterocycles. The molecule has 0 aromatic heterocycles. The fraction of sp³-hybridized carbons (Fsp3) is 0.556. The summed E-state index contributed by atoms with van der Waals surface area (Å²) < 4.78 is 5.31. The van der Waals surface area contributed by atoms with Crippen molar-refractivity contribution in [3.8, 4) is 11.5 Å². The first kappa shape index (κ1) is 14.1. The highest BCUT2D eigenvalue weighted by Crippen LogP contribution is 2.58. The second-order valence-electron chi connectivity index (χ2n) is 6.94. The summed E-state index contributed by atoms with van der Waals surface area (Å²) in [6.07, 6.45) is 7.53. The first-order chi connectivity index (χ1) is 10.5. The van der Waals surface area contributed by atoms with Gasteiger partial charge in [-0.15, -0.1) is 0 Å². The van der Waals surface area contributed by atoms with Gasteiger partial charge in [0.05, 0.1) is 12.7 Å². The maximum absolute atomic E-state index is 11.6. The van der Waals surface area contributed by atoms with Crippen LogP contribution in [0.2, 0.25) is 0 Å². The molecule has 1 aromatic carbocycles. The van der Waals surface area contributed by atoms with Gasteiger partial charge < -0.3 is 19.8 Å². The van der Waals surface area contributed by atoms with Crippen molar-refractivity contribution >= 4 is 0 Å². The van der Waals surface area contributed by atoms with Gasteiger partial charge in [0.25, 0.3) is 0 Å². The lowest BCUT2D eigenvalue weighted by Crippen LogP contribution is -2.70. The van der Waals surface area contributed by atoms with E-state index in [1.165, 1.54) is 0 Å². The molecule has 0 saturated carbocycles. The van der Waals surface area contributed by atoms with Crippen LogP contribution >= 0.6 is 0 Å². The number of rotatable bonds is 1. The van der Waals surface area contributed by atoms with E-state index in [0.717, 1.165) is 43.4 Å². The van der Waals surface area contributed by atoms with Crippen molar-refractivity contribution in [3.05, 3.63) is 35.4 Å². The number of hydrogen-bond donors (Lipinski definition) is 2. The summed E-state index contributed by atoms with van der Waals surface area (Å²) >= 11 is 0. The molecule has 2 N–H and O–H groups in total. The third-order valence-electron chi connectivity index (χ3n) is 6.12. The Bertz CT molecular complexity index is 656. The number of likely N-dealkylation sites (tertiary alicyclic amines) is 1. The summed E-state index contributed by atoms with van der Waals surface area (Å²) in [5.74, 6) is 0.694. The first-order valence-electron chi connectivity index (χ1n) is 8.03. The van der Waals surface area contributed by atoms with Crippen LogP contribution in [0.1, 0.15) is 30.4 Å². The molecule has 0 radical (unpaired) electrons. The second kappa shape index (κ2) is 4.49. The van der Waals surface area contributed by atoms with Gasteiger partial charge in [0.2, 0.25) is 0 Å². The number of allylic oxidation sites excluding steroid dienone is 1. The van der Waals surface area contributed by atoms with Crippen LogP contribution < -0.4 is 4.74 Å². The van der Waals surface area contributed by atoms with E-state index in [9.17, 15) is 10.2 Å². The van der Waals surface area contributed by atoms with Crippen LogP contribution in [-0.4, -0.2) is 47.5 Å². The Kier molecular flexibility index (Phi) is 2.88. The van der Waals surface area contributed by atoms with Gasteiger partial charge in [0, 0.05) is 17.0 Å². The van der Waals surface area contributed by atoms with E-state index < -0.39 is 11.0 Å². The maximum atomic E-state index is 11.6. The highest BCUT2D eigenvalue weighted by Gasteiger charge is 2.62. The number of benzene rings is 1. The van der Waals surface area contributed by atoms with E-state index in [4.69, 9.17) is 4.74 Å². The number of phenolic OH excluding ortho intramolecular Hbond substituents is 1. The van der Waals surface area contributed by atoms with Gasteiger partial charge in [0.15, 0.2) is 11.5 Å². The van der Waals surface area contributed by atoms with Gasteiger partial charge in [-0.05, 0) is 50.9 Å². The number of fused-ring (bicyclic) bond motifs is 1. The normalized spacial score (nSPS) is 36.6. The number of likely N-dealkylation sites (N-methyl/N-ethyl adjacent to an activating group) is 1. The molecule has 1 fully saturated rings. The van der Waals surface area contributed by atoms with Crippen LogP contribution in [-0.2, 0) is 11.8 Å². The molecule has 1 heterocycles. The SMILES string of the molecule is COc1ccc2c(c1O)[C@]13C=CCC[C@@]1(O)[C@H](C2)N(C)CC3.